The topological polar surface area (TPSA) is 116 Å². The zero-order chi connectivity index (χ0) is 48.7. The summed E-state index contributed by atoms with van der Waals surface area (Å²) >= 11 is 0. The van der Waals surface area contributed by atoms with Gasteiger partial charge in [0.1, 0.15) is 25.3 Å². The molecule has 8 aromatic carbocycles. The van der Waals surface area contributed by atoms with Crippen LogP contribution in [0.3, 0.4) is 0 Å². The Morgan fingerprint density at radius 3 is 0.694 bits per heavy atom. The van der Waals surface area contributed by atoms with E-state index in [1.807, 2.05) is 76.7 Å². The molecular weight excluding hydrogens is 889 g/mol. The Kier molecular flexibility index (Phi) is 11.1. The van der Waals surface area contributed by atoms with E-state index < -0.39 is 0 Å². The van der Waals surface area contributed by atoms with E-state index >= 15 is 0 Å². The average molecular weight is 935 g/mol. The van der Waals surface area contributed by atoms with Gasteiger partial charge in [-0.05, 0) is 88.4 Å². The molecule has 0 N–H and O–H groups in total. The van der Waals surface area contributed by atoms with Crippen molar-refractivity contribution in [3.05, 3.63) is 231 Å². The highest BCUT2D eigenvalue weighted by Crippen LogP contribution is 2.55. The Labute approximate surface area is 416 Å². The highest BCUT2D eigenvalue weighted by molar-refractivity contribution is 6.33. The number of hydrogen-bond acceptors (Lipinski definition) is 12. The molecule has 4 aromatic heterocycles. The quantitative estimate of drug-likeness (QED) is 0.109. The van der Waals surface area contributed by atoms with Gasteiger partial charge < -0.3 is 19.6 Å². The van der Waals surface area contributed by atoms with Gasteiger partial charge in [0, 0.05) is 55.1 Å². The van der Waals surface area contributed by atoms with E-state index in [9.17, 15) is 0 Å². The molecule has 0 spiro atoms. The number of nitrogens with zero attached hydrogens (tertiary/aromatic N) is 12. The second-order valence-electron chi connectivity index (χ2n) is 17.6. The summed E-state index contributed by atoms with van der Waals surface area (Å²) in [5.74, 6) is 0. The summed E-state index contributed by atoms with van der Waals surface area (Å²) < 4.78 is 0. The van der Waals surface area contributed by atoms with Crippen molar-refractivity contribution < 1.29 is 0 Å². The van der Waals surface area contributed by atoms with Crippen LogP contribution in [0.5, 0.6) is 0 Å². The molecule has 0 saturated heterocycles. The second kappa shape index (κ2) is 18.3. The largest absolute Gasteiger partial charge is 0.307 e. The van der Waals surface area contributed by atoms with Crippen molar-refractivity contribution in [2.75, 3.05) is 19.6 Å². The molecule has 12 aromatic rings. The summed E-state index contributed by atoms with van der Waals surface area (Å²) in [6, 6.07) is 55.5. The molecule has 0 aliphatic carbocycles. The molecule has 0 radical (unpaired) electrons. The second-order valence-corrected chi connectivity index (χ2v) is 17.6. The highest BCUT2D eigenvalue weighted by atomic mass is 15.2. The maximum Gasteiger partial charge on any atom is 0.115 e. The van der Waals surface area contributed by atoms with Crippen molar-refractivity contribution in [1.29, 1.82) is 0 Å². The molecule has 0 aliphatic heterocycles. The monoisotopic (exact) mass is 934 g/mol. The third-order valence-corrected chi connectivity index (χ3v) is 13.3. The van der Waals surface area contributed by atoms with E-state index in [1.165, 1.54) is 0 Å². The fourth-order valence-corrected chi connectivity index (χ4v) is 10.0. The summed E-state index contributed by atoms with van der Waals surface area (Å²) in [6.07, 6.45) is 14.0. The van der Waals surface area contributed by atoms with Gasteiger partial charge in [-0.3, -0.25) is 0 Å². The van der Waals surface area contributed by atoms with Gasteiger partial charge in [0.25, 0.3) is 0 Å². The van der Waals surface area contributed by atoms with Crippen LogP contribution in [0.25, 0.3) is 32.3 Å². The minimum Gasteiger partial charge on any atom is -0.307 e. The van der Waals surface area contributed by atoms with Crippen LogP contribution in [0.15, 0.2) is 208 Å². The predicted octanol–water partition coefficient (Wildman–Crippen LogP) is 14.9. The van der Waals surface area contributed by atoms with Gasteiger partial charge >= 0.3 is 0 Å². The van der Waals surface area contributed by atoms with E-state index in [2.05, 4.69) is 173 Å². The highest BCUT2D eigenvalue weighted by Gasteiger charge is 2.30. The Morgan fingerprint density at radius 1 is 0.264 bits per heavy atom. The normalized spacial score (nSPS) is 11.3. The van der Waals surface area contributed by atoms with Gasteiger partial charge in [-0.2, -0.15) is 0 Å². The van der Waals surface area contributed by atoms with Crippen LogP contribution in [0, 0.1) is 27.7 Å². The van der Waals surface area contributed by atoms with Crippen LogP contribution < -0.4 is 19.6 Å². The van der Waals surface area contributed by atoms with Crippen LogP contribution >= 0.6 is 0 Å². The minimum atomic E-state index is 0.829. The van der Waals surface area contributed by atoms with E-state index in [0.717, 1.165) is 123 Å². The van der Waals surface area contributed by atoms with E-state index in [-0.39, 0.29) is 0 Å². The van der Waals surface area contributed by atoms with E-state index in [4.69, 9.17) is 19.9 Å². The smallest absolute Gasteiger partial charge is 0.115 e. The van der Waals surface area contributed by atoms with Crippen molar-refractivity contribution >= 4 is 101 Å². The lowest BCUT2D eigenvalue weighted by Gasteiger charge is -2.34. The number of aryl methyl sites for hydroxylation is 4. The number of aromatic nitrogens is 8. The van der Waals surface area contributed by atoms with Crippen molar-refractivity contribution in [2.45, 2.75) is 27.7 Å². The number of hydrogen-bond donors (Lipinski definition) is 0. The fourth-order valence-electron chi connectivity index (χ4n) is 10.0. The predicted molar refractivity (Wildman–Crippen MR) is 290 cm³/mol. The van der Waals surface area contributed by atoms with E-state index in [0.29, 0.717) is 0 Å². The molecule has 0 atom stereocenters. The number of rotatable bonds is 12. The molecule has 12 heteroatoms. The first-order valence-electron chi connectivity index (χ1n) is 23.7. The zero-order valence-electron chi connectivity index (χ0n) is 40.0. The van der Waals surface area contributed by atoms with Crippen molar-refractivity contribution in [3.8, 4) is 0 Å². The summed E-state index contributed by atoms with van der Waals surface area (Å²) in [7, 11) is 0. The maximum absolute atomic E-state index is 4.76. The fraction of sp³-hybridized carbons (Fsp3) is 0.0667. The molecule has 0 bridgehead atoms. The minimum absolute atomic E-state index is 0.829. The van der Waals surface area contributed by atoms with Gasteiger partial charge in [-0.1, -0.05) is 97.1 Å². The van der Waals surface area contributed by atoms with Crippen molar-refractivity contribution in [1.82, 2.24) is 39.9 Å². The zero-order valence-corrected chi connectivity index (χ0v) is 40.0. The Bertz CT molecular complexity index is 3390. The molecule has 12 rings (SSSR count). The van der Waals surface area contributed by atoms with Crippen LogP contribution in [0.4, 0.5) is 68.2 Å². The Hall–Kier alpha value is -9.68. The van der Waals surface area contributed by atoms with Gasteiger partial charge in [-0.15, -0.1) is 0 Å². The number of para-hydroxylation sites is 4. The van der Waals surface area contributed by atoms with Crippen LogP contribution in [0.1, 0.15) is 22.8 Å². The first-order valence-corrected chi connectivity index (χ1v) is 23.7. The van der Waals surface area contributed by atoms with Gasteiger partial charge in [0.15, 0.2) is 0 Å². The summed E-state index contributed by atoms with van der Waals surface area (Å²) in [5.41, 5.74) is 14.2. The van der Waals surface area contributed by atoms with E-state index in [1.54, 1.807) is 25.3 Å². The molecule has 4 heterocycles. The molecule has 346 valence electrons. The van der Waals surface area contributed by atoms with Crippen molar-refractivity contribution in [2.24, 2.45) is 0 Å². The van der Waals surface area contributed by atoms with Gasteiger partial charge in [-0.25, -0.2) is 39.9 Å². The Morgan fingerprint density at radius 2 is 0.486 bits per heavy atom. The molecule has 0 unspecified atom stereocenters. The van der Waals surface area contributed by atoms with Gasteiger partial charge in [0.2, 0.25) is 0 Å². The third-order valence-electron chi connectivity index (χ3n) is 13.3. The Balaban J connectivity index is 1.31. The third kappa shape index (κ3) is 7.49. The number of benzene rings is 8. The molecule has 72 heavy (non-hydrogen) atoms. The first kappa shape index (κ1) is 43.6. The van der Waals surface area contributed by atoms with Crippen LogP contribution in [0.2, 0.25) is 0 Å². The molecule has 0 fully saturated rings. The SMILES string of the molecule is Cc1ncncc1N(c1ccccc1)c1cc(N(c2ccccc2)c2cncnc2C)c2ccc3c(N(c4ccccc4)c4cncnc4C)cc(N(c4ccccc4)c4cncnc4C)c4ccc1c2c43. The molecule has 0 amide bonds. The molecule has 12 nitrogen and oxygen atoms in total. The van der Waals surface area contributed by atoms with Gasteiger partial charge in [0.05, 0.1) is 93.1 Å². The standard InChI is InChI=1S/C60H46N12/c1-39-55(31-61-35-65-39)69(43-17-9-5-10-18-43)51-29-52(70(44-19-11-6-12-20-44)56-32-62-36-66-40(56)2)48-27-28-50-54(72(46-23-15-8-16-24-46)58-34-64-38-68-42(58)4)30-53(49-26-25-47(51)59(48)60(49)50)71(45-21-13-7-14-22-45)57-33-63-37-67-41(57)3/h5-38H,1-4H3. The first-order chi connectivity index (χ1) is 35.4. The van der Waals surface area contributed by atoms with Crippen LogP contribution in [-0.2, 0) is 0 Å². The summed E-state index contributed by atoms with van der Waals surface area (Å²) in [4.78, 5) is 46.7. The lowest BCUT2D eigenvalue weighted by molar-refractivity contribution is 1.07. The average Bonchev–Trinajstić information content (AvgIpc) is 3.42. The lowest BCUT2D eigenvalue weighted by atomic mass is 9.89. The lowest BCUT2D eigenvalue weighted by Crippen LogP contribution is -2.17. The summed E-state index contributed by atoms with van der Waals surface area (Å²) in [6.45, 7) is 8.13. The molecule has 0 aliphatic rings. The van der Waals surface area contributed by atoms with Crippen molar-refractivity contribution in [3.63, 3.8) is 0 Å². The summed E-state index contributed by atoms with van der Waals surface area (Å²) in [5, 5.41) is 6.18. The number of anilines is 12. The molecule has 0 saturated carbocycles. The molecular formula is C60H46N12. The maximum atomic E-state index is 4.76. The van der Waals surface area contributed by atoms with Crippen LogP contribution in [-0.4, -0.2) is 39.9 Å².